The van der Waals surface area contributed by atoms with Crippen LogP contribution in [0.25, 0.3) is 0 Å². The summed E-state index contributed by atoms with van der Waals surface area (Å²) in [5.41, 5.74) is 5.89. The first-order valence-corrected chi connectivity index (χ1v) is 6.47. The summed E-state index contributed by atoms with van der Waals surface area (Å²) in [4.78, 5) is 13.9. The van der Waals surface area contributed by atoms with Crippen LogP contribution in [-0.2, 0) is 0 Å². The van der Waals surface area contributed by atoms with Crippen LogP contribution in [0.4, 0.5) is 4.39 Å². The van der Waals surface area contributed by atoms with Crippen LogP contribution in [0.5, 0.6) is 0 Å². The fourth-order valence-corrected chi connectivity index (χ4v) is 2.21. The first-order chi connectivity index (χ1) is 7.95. The minimum absolute atomic E-state index is 0.190. The van der Waals surface area contributed by atoms with Gasteiger partial charge in [-0.2, -0.15) is 0 Å². The average molecular weight is 366 g/mol. The third kappa shape index (κ3) is 3.88. The van der Waals surface area contributed by atoms with Gasteiger partial charge in [0.15, 0.2) is 0 Å². The third-order valence-electron chi connectivity index (χ3n) is 2.18. The van der Waals surface area contributed by atoms with Crippen molar-refractivity contribution in [1.82, 2.24) is 4.90 Å². The van der Waals surface area contributed by atoms with E-state index in [-0.39, 0.29) is 23.3 Å². The zero-order valence-electron chi connectivity index (χ0n) is 9.24. The molecule has 0 aromatic heterocycles. The Morgan fingerprint density at radius 1 is 1.59 bits per heavy atom. The molecule has 2 N–H and O–H groups in total. The van der Waals surface area contributed by atoms with Gasteiger partial charge in [0, 0.05) is 10.1 Å². The average Bonchev–Trinajstić information content (AvgIpc) is 2.24. The van der Waals surface area contributed by atoms with Crippen molar-refractivity contribution in [2.75, 3.05) is 13.1 Å². The van der Waals surface area contributed by atoms with Crippen molar-refractivity contribution >= 4 is 45.7 Å². The molecule has 1 aromatic carbocycles. The molecule has 92 valence electrons. The Kier molecular flexibility index (Phi) is 5.26. The molecule has 0 atom stereocenters. The summed E-state index contributed by atoms with van der Waals surface area (Å²) in [7, 11) is 0. The largest absolute Gasteiger partial charge is 0.392 e. The molecule has 1 rings (SSSR count). The van der Waals surface area contributed by atoms with Crippen molar-refractivity contribution in [2.45, 2.75) is 6.92 Å². The predicted octanol–water partition coefficient (Wildman–Crippen LogP) is 2.18. The number of benzene rings is 1. The summed E-state index contributed by atoms with van der Waals surface area (Å²) in [6.45, 7) is 2.58. The van der Waals surface area contributed by atoms with Gasteiger partial charge in [0.2, 0.25) is 0 Å². The number of halogens is 2. The standard InChI is InChI=1S/C11H12FIN2OS/c1-2-15(6-10(14)17)11(16)8-4-3-7(12)5-9(8)13/h3-5H,2,6H2,1H3,(H2,14,17). The van der Waals surface area contributed by atoms with Crippen LogP contribution in [0.3, 0.4) is 0 Å². The lowest BCUT2D eigenvalue weighted by Crippen LogP contribution is -2.37. The van der Waals surface area contributed by atoms with Crippen molar-refractivity contribution in [3.63, 3.8) is 0 Å². The lowest BCUT2D eigenvalue weighted by atomic mass is 10.2. The molecule has 3 nitrogen and oxygen atoms in total. The minimum Gasteiger partial charge on any atom is -0.392 e. The van der Waals surface area contributed by atoms with Gasteiger partial charge >= 0.3 is 0 Å². The van der Waals surface area contributed by atoms with Crippen molar-refractivity contribution in [1.29, 1.82) is 0 Å². The zero-order chi connectivity index (χ0) is 13.0. The fraction of sp³-hybridized carbons (Fsp3) is 0.273. The van der Waals surface area contributed by atoms with E-state index in [1.54, 1.807) is 0 Å². The number of rotatable bonds is 4. The number of carbonyl (C=O) groups is 1. The number of likely N-dealkylation sites (N-methyl/N-ethyl adjacent to an activating group) is 1. The molecule has 1 amide bonds. The molecular formula is C11H12FIN2OS. The third-order valence-corrected chi connectivity index (χ3v) is 3.20. The molecule has 0 aliphatic heterocycles. The van der Waals surface area contributed by atoms with Gasteiger partial charge in [-0.05, 0) is 47.7 Å². The van der Waals surface area contributed by atoms with E-state index in [4.69, 9.17) is 18.0 Å². The number of hydrogen-bond acceptors (Lipinski definition) is 2. The summed E-state index contributed by atoms with van der Waals surface area (Å²) in [6.07, 6.45) is 0. The summed E-state index contributed by atoms with van der Waals surface area (Å²) < 4.78 is 13.5. The highest BCUT2D eigenvalue weighted by atomic mass is 127. The van der Waals surface area contributed by atoms with Crippen LogP contribution in [-0.4, -0.2) is 28.9 Å². The molecule has 0 fully saturated rings. The van der Waals surface area contributed by atoms with Gasteiger partial charge in [-0.3, -0.25) is 4.79 Å². The molecule has 1 aromatic rings. The predicted molar refractivity (Wildman–Crippen MR) is 77.5 cm³/mol. The summed E-state index contributed by atoms with van der Waals surface area (Å²) in [5.74, 6) is -0.548. The molecular weight excluding hydrogens is 354 g/mol. The summed E-state index contributed by atoms with van der Waals surface area (Å²) >= 11 is 6.72. The van der Waals surface area contributed by atoms with E-state index >= 15 is 0 Å². The molecule has 6 heteroatoms. The van der Waals surface area contributed by atoms with Crippen molar-refractivity contribution < 1.29 is 9.18 Å². The Morgan fingerprint density at radius 3 is 2.71 bits per heavy atom. The number of nitrogens with two attached hydrogens (primary N) is 1. The van der Waals surface area contributed by atoms with Gasteiger partial charge in [0.1, 0.15) is 5.82 Å². The van der Waals surface area contributed by atoms with Gasteiger partial charge in [-0.15, -0.1) is 0 Å². The Labute approximate surface area is 118 Å². The minimum atomic E-state index is -0.358. The second-order valence-corrected chi connectivity index (χ2v) is 5.10. The number of hydrogen-bond donors (Lipinski definition) is 1. The molecule has 0 unspecified atom stereocenters. The highest BCUT2D eigenvalue weighted by Gasteiger charge is 2.17. The molecule has 0 bridgehead atoms. The maximum atomic E-state index is 12.9. The number of carbonyl (C=O) groups excluding carboxylic acids is 1. The highest BCUT2D eigenvalue weighted by molar-refractivity contribution is 14.1. The van der Waals surface area contributed by atoms with Gasteiger partial charge in [0.25, 0.3) is 5.91 Å². The van der Waals surface area contributed by atoms with E-state index in [0.717, 1.165) is 0 Å². The Hall–Kier alpha value is -0.760. The zero-order valence-corrected chi connectivity index (χ0v) is 12.2. The molecule has 0 aliphatic carbocycles. The Morgan fingerprint density at radius 2 is 2.24 bits per heavy atom. The SMILES string of the molecule is CCN(CC(N)=S)C(=O)c1ccc(F)cc1I. The van der Waals surface area contributed by atoms with Gasteiger partial charge in [-0.1, -0.05) is 12.2 Å². The summed E-state index contributed by atoms with van der Waals surface area (Å²) in [5, 5.41) is 0. The van der Waals surface area contributed by atoms with Crippen molar-refractivity contribution in [2.24, 2.45) is 5.73 Å². The maximum absolute atomic E-state index is 12.9. The molecule has 0 heterocycles. The van der Waals surface area contributed by atoms with Crippen LogP contribution in [0.2, 0.25) is 0 Å². The number of thiocarbonyl (C=S) groups is 1. The van der Waals surface area contributed by atoms with E-state index in [9.17, 15) is 9.18 Å². The molecule has 0 radical (unpaired) electrons. The van der Waals surface area contributed by atoms with Crippen LogP contribution in [0.15, 0.2) is 18.2 Å². The van der Waals surface area contributed by atoms with Crippen molar-refractivity contribution in [3.8, 4) is 0 Å². The van der Waals surface area contributed by atoms with Gasteiger partial charge < -0.3 is 10.6 Å². The highest BCUT2D eigenvalue weighted by Crippen LogP contribution is 2.16. The van der Waals surface area contributed by atoms with Crippen LogP contribution in [0.1, 0.15) is 17.3 Å². The smallest absolute Gasteiger partial charge is 0.255 e. The Bertz CT molecular complexity index is 453. The molecule has 0 saturated carbocycles. The van der Waals surface area contributed by atoms with E-state index in [0.29, 0.717) is 15.7 Å². The molecule has 0 spiro atoms. The molecule has 0 aliphatic rings. The summed E-state index contributed by atoms with van der Waals surface area (Å²) in [6, 6.07) is 4.06. The topological polar surface area (TPSA) is 46.3 Å². The van der Waals surface area contributed by atoms with Crippen LogP contribution in [0, 0.1) is 9.39 Å². The second kappa shape index (κ2) is 6.25. The first kappa shape index (κ1) is 14.3. The lowest BCUT2D eigenvalue weighted by molar-refractivity contribution is 0.0787. The van der Waals surface area contributed by atoms with Gasteiger partial charge in [0.05, 0.1) is 17.1 Å². The lowest BCUT2D eigenvalue weighted by Gasteiger charge is -2.20. The van der Waals surface area contributed by atoms with E-state index in [1.165, 1.54) is 23.1 Å². The normalized spacial score (nSPS) is 10.1. The monoisotopic (exact) mass is 366 g/mol. The number of nitrogens with zero attached hydrogens (tertiary/aromatic N) is 1. The number of amides is 1. The van der Waals surface area contributed by atoms with E-state index < -0.39 is 0 Å². The quantitative estimate of drug-likeness (QED) is 0.657. The van der Waals surface area contributed by atoms with E-state index in [2.05, 4.69) is 0 Å². The first-order valence-electron chi connectivity index (χ1n) is 4.98. The van der Waals surface area contributed by atoms with Crippen LogP contribution < -0.4 is 5.73 Å². The van der Waals surface area contributed by atoms with Gasteiger partial charge in [-0.25, -0.2) is 4.39 Å². The van der Waals surface area contributed by atoms with E-state index in [1.807, 2.05) is 29.5 Å². The molecule has 0 saturated heterocycles. The fourth-order valence-electron chi connectivity index (χ4n) is 1.35. The Balaban J connectivity index is 2.97. The molecule has 17 heavy (non-hydrogen) atoms. The van der Waals surface area contributed by atoms with Crippen LogP contribution >= 0.6 is 34.8 Å². The maximum Gasteiger partial charge on any atom is 0.255 e. The second-order valence-electron chi connectivity index (χ2n) is 3.41. The van der Waals surface area contributed by atoms with Crippen molar-refractivity contribution in [3.05, 3.63) is 33.1 Å².